The maximum atomic E-state index is 8.95. The summed E-state index contributed by atoms with van der Waals surface area (Å²) in [6.07, 6.45) is 6.05. The number of rotatable bonds is 10. The van der Waals surface area contributed by atoms with Crippen molar-refractivity contribution < 1.29 is 4.74 Å². The third-order valence-electron chi connectivity index (χ3n) is 3.29. The molecule has 0 bridgehead atoms. The minimum atomic E-state index is 0.0688. The van der Waals surface area contributed by atoms with E-state index in [0.29, 0.717) is 12.3 Å². The largest absolute Gasteiger partial charge is 0.494 e. The van der Waals surface area contributed by atoms with Gasteiger partial charge in [0.15, 0.2) is 0 Å². The Morgan fingerprint density at radius 1 is 1.12 bits per heavy atom. The topological polar surface area (TPSA) is 81.5 Å². The van der Waals surface area contributed by atoms with Crippen molar-refractivity contribution in [1.82, 2.24) is 0 Å². The third kappa shape index (κ3) is 7.76. The monoisotopic (exact) mass is 334 g/mol. The van der Waals surface area contributed by atoms with E-state index < -0.39 is 0 Å². The maximum Gasteiger partial charge on any atom is 0.119 e. The number of azo groups is 1. The maximum absolute atomic E-state index is 8.95. The molecule has 0 aromatic heterocycles. The van der Waals surface area contributed by atoms with Crippen LogP contribution in [0.2, 0.25) is 0 Å². The fourth-order valence-corrected chi connectivity index (χ4v) is 1.89. The molecule has 128 valence electrons. The van der Waals surface area contributed by atoms with E-state index in [9.17, 15) is 0 Å². The first-order valence-electron chi connectivity index (χ1n) is 8.15. The third-order valence-corrected chi connectivity index (χ3v) is 3.29. The van der Waals surface area contributed by atoms with Gasteiger partial charge in [0.05, 0.1) is 35.2 Å². The first-order valence-corrected chi connectivity index (χ1v) is 8.15. The average molecular weight is 334 g/mol. The highest BCUT2D eigenvalue weighted by atomic mass is 16.5. The molecule has 0 atom stereocenters. The summed E-state index contributed by atoms with van der Waals surface area (Å²) in [5.41, 5.74) is 1.10. The van der Waals surface area contributed by atoms with E-state index in [2.05, 4.69) is 30.3 Å². The van der Waals surface area contributed by atoms with Crippen LogP contribution in [0.3, 0.4) is 0 Å². The summed E-state index contributed by atoms with van der Waals surface area (Å²) in [6, 6.07) is 11.0. The highest BCUT2D eigenvalue weighted by Crippen LogP contribution is 2.20. The van der Waals surface area contributed by atoms with Crippen molar-refractivity contribution >= 4 is 5.69 Å². The van der Waals surface area contributed by atoms with Crippen LogP contribution in [0.25, 0.3) is 0 Å². The molecule has 5 heteroatoms. The van der Waals surface area contributed by atoms with E-state index >= 15 is 0 Å². The highest BCUT2D eigenvalue weighted by molar-refractivity contribution is 5.50. The summed E-state index contributed by atoms with van der Waals surface area (Å²) in [4.78, 5) is 0. The van der Waals surface area contributed by atoms with Crippen LogP contribution in [0, 0.1) is 22.7 Å². The molecule has 0 N–H and O–H groups in total. The molecule has 0 unspecified atom stereocenters. The van der Waals surface area contributed by atoms with E-state index in [1.54, 1.807) is 12.1 Å². The Bertz CT molecular complexity index is 730. The van der Waals surface area contributed by atoms with Crippen LogP contribution in [0.4, 0.5) is 5.69 Å². The number of unbranched alkanes of at least 4 members (excludes halogenated alkanes) is 3. The predicted octanol–water partition coefficient (Wildman–Crippen LogP) is 5.77. The van der Waals surface area contributed by atoms with Crippen LogP contribution in [-0.4, -0.2) is 6.61 Å². The molecular weight excluding hydrogens is 312 g/mol. The van der Waals surface area contributed by atoms with Gasteiger partial charge in [0.1, 0.15) is 11.8 Å². The zero-order chi connectivity index (χ0) is 18.5. The van der Waals surface area contributed by atoms with Crippen molar-refractivity contribution in [3.05, 3.63) is 60.3 Å². The summed E-state index contributed by atoms with van der Waals surface area (Å²) < 4.78 is 5.66. The molecule has 1 aromatic carbocycles. The van der Waals surface area contributed by atoms with E-state index in [1.807, 2.05) is 24.3 Å². The average Bonchev–Trinajstić information content (AvgIpc) is 2.64. The Balaban J connectivity index is 2.57. The summed E-state index contributed by atoms with van der Waals surface area (Å²) in [7, 11) is 0. The van der Waals surface area contributed by atoms with Gasteiger partial charge in [0.25, 0.3) is 0 Å². The smallest absolute Gasteiger partial charge is 0.119 e. The number of benzene rings is 1. The van der Waals surface area contributed by atoms with E-state index in [1.165, 1.54) is 25.3 Å². The van der Waals surface area contributed by atoms with Gasteiger partial charge in [-0.25, -0.2) is 0 Å². The summed E-state index contributed by atoms with van der Waals surface area (Å²) in [5.74, 6) is 0.797. The van der Waals surface area contributed by atoms with Gasteiger partial charge in [-0.3, -0.25) is 0 Å². The molecule has 0 spiro atoms. The lowest BCUT2D eigenvalue weighted by molar-refractivity contribution is 0.305. The number of hydrogen-bond donors (Lipinski definition) is 0. The Morgan fingerprint density at radius 3 is 2.44 bits per heavy atom. The molecule has 0 aliphatic carbocycles. The number of nitrogens with zero attached hydrogens (tertiary/aromatic N) is 4. The molecule has 0 amide bonds. The van der Waals surface area contributed by atoms with Crippen LogP contribution in [-0.2, 0) is 0 Å². The standard InChI is InChI=1S/C20H22N4O/c1-4-5-6-7-12-25-20-10-8-19(9-11-20)24-23-17(3)13-18(15-22)16(2)14-21/h8-11,13H,2-7,12H2,1H3/b18-13-,24-23?. The molecule has 0 aliphatic heterocycles. The van der Waals surface area contributed by atoms with Crippen LogP contribution >= 0.6 is 0 Å². The molecule has 0 heterocycles. The number of allylic oxidation sites excluding steroid dienone is 3. The predicted molar refractivity (Wildman–Crippen MR) is 98.2 cm³/mol. The van der Waals surface area contributed by atoms with Crippen molar-refractivity contribution in [2.24, 2.45) is 10.2 Å². The van der Waals surface area contributed by atoms with Gasteiger partial charge in [-0.2, -0.15) is 20.8 Å². The number of hydrogen-bond acceptors (Lipinski definition) is 5. The lowest BCUT2D eigenvalue weighted by atomic mass is 10.1. The molecule has 0 radical (unpaired) electrons. The van der Waals surface area contributed by atoms with Crippen molar-refractivity contribution in [2.75, 3.05) is 6.61 Å². The van der Waals surface area contributed by atoms with E-state index in [0.717, 1.165) is 12.2 Å². The van der Waals surface area contributed by atoms with Gasteiger partial charge in [-0.1, -0.05) is 39.3 Å². The van der Waals surface area contributed by atoms with E-state index in [-0.39, 0.29) is 16.8 Å². The van der Waals surface area contributed by atoms with E-state index in [4.69, 9.17) is 15.3 Å². The fraction of sp³-hybridized carbons (Fsp3) is 0.300. The van der Waals surface area contributed by atoms with Gasteiger partial charge in [0, 0.05) is 0 Å². The number of nitriles is 2. The van der Waals surface area contributed by atoms with Crippen molar-refractivity contribution in [1.29, 1.82) is 10.5 Å². The minimum Gasteiger partial charge on any atom is -0.494 e. The molecule has 1 aromatic rings. The molecule has 0 saturated heterocycles. The lowest BCUT2D eigenvalue weighted by Crippen LogP contribution is -1.96. The van der Waals surface area contributed by atoms with Gasteiger partial charge in [-0.05, 0) is 36.8 Å². The Kier molecular flexibility index (Phi) is 9.04. The molecule has 0 aliphatic rings. The van der Waals surface area contributed by atoms with Gasteiger partial charge < -0.3 is 4.74 Å². The lowest BCUT2D eigenvalue weighted by Gasteiger charge is -2.05. The Labute approximate surface area is 149 Å². The summed E-state index contributed by atoms with van der Waals surface area (Å²) in [6.45, 7) is 10.1. The fourth-order valence-electron chi connectivity index (χ4n) is 1.89. The van der Waals surface area contributed by atoms with Gasteiger partial charge in [-0.15, -0.1) is 0 Å². The second kappa shape index (κ2) is 11.4. The van der Waals surface area contributed by atoms with Crippen molar-refractivity contribution in [3.63, 3.8) is 0 Å². The zero-order valence-electron chi connectivity index (χ0n) is 14.5. The highest BCUT2D eigenvalue weighted by Gasteiger charge is 2.01. The Hall–Kier alpha value is -3.18. The zero-order valence-corrected chi connectivity index (χ0v) is 14.5. The molecule has 0 fully saturated rings. The first kappa shape index (κ1) is 19.9. The summed E-state index contributed by atoms with van der Waals surface area (Å²) >= 11 is 0. The normalized spacial score (nSPS) is 10.9. The SMILES string of the molecule is C=C(/C=C(/C#N)C(=C)C#N)N=Nc1ccc(OCCCCCC)cc1. The van der Waals surface area contributed by atoms with Crippen LogP contribution < -0.4 is 4.74 Å². The number of ether oxygens (including phenoxy) is 1. The molecule has 1 rings (SSSR count). The second-order valence-electron chi connectivity index (χ2n) is 5.35. The molecular formula is C20H22N4O. The van der Waals surface area contributed by atoms with Crippen LogP contribution in [0.15, 0.2) is 70.6 Å². The van der Waals surface area contributed by atoms with Crippen molar-refractivity contribution in [3.8, 4) is 17.9 Å². The van der Waals surface area contributed by atoms with Gasteiger partial charge in [0.2, 0.25) is 0 Å². The quantitative estimate of drug-likeness (QED) is 0.235. The van der Waals surface area contributed by atoms with Gasteiger partial charge >= 0.3 is 0 Å². The van der Waals surface area contributed by atoms with Crippen LogP contribution in [0.5, 0.6) is 5.75 Å². The minimum absolute atomic E-state index is 0.0688. The van der Waals surface area contributed by atoms with Crippen LogP contribution in [0.1, 0.15) is 32.6 Å². The molecule has 25 heavy (non-hydrogen) atoms. The first-order chi connectivity index (χ1) is 12.1. The van der Waals surface area contributed by atoms with Crippen molar-refractivity contribution in [2.45, 2.75) is 32.6 Å². The molecule has 5 nitrogen and oxygen atoms in total. The summed E-state index contributed by atoms with van der Waals surface area (Å²) in [5, 5.41) is 25.7. The Morgan fingerprint density at radius 2 is 1.84 bits per heavy atom. The second-order valence-corrected chi connectivity index (χ2v) is 5.35. The molecule has 0 saturated carbocycles.